The molecule has 1 N–H and O–H groups in total. The summed E-state index contributed by atoms with van der Waals surface area (Å²) in [6, 6.07) is 0.626. The molecule has 2 aliphatic rings. The topological polar surface area (TPSA) is 28.2 Å². The first kappa shape index (κ1) is 10.7. The zero-order valence-corrected chi connectivity index (χ0v) is 10.6. The van der Waals surface area contributed by atoms with Crippen LogP contribution in [0.5, 0.6) is 0 Å². The van der Waals surface area contributed by atoms with Gasteiger partial charge in [-0.25, -0.2) is 4.98 Å². The SMILES string of the molecule is C[C@H]1CN(Cc2nc3c(s2)CCC3)CCN1. The number of rotatable bonds is 2. The van der Waals surface area contributed by atoms with Gasteiger partial charge >= 0.3 is 0 Å². The van der Waals surface area contributed by atoms with Gasteiger partial charge in [0.05, 0.1) is 12.2 Å². The van der Waals surface area contributed by atoms with Crippen LogP contribution in [0.2, 0.25) is 0 Å². The van der Waals surface area contributed by atoms with Crippen LogP contribution in [0.25, 0.3) is 0 Å². The molecule has 0 saturated carbocycles. The minimum atomic E-state index is 0.626. The van der Waals surface area contributed by atoms with Gasteiger partial charge in [-0.2, -0.15) is 0 Å². The van der Waals surface area contributed by atoms with E-state index in [1.54, 1.807) is 4.88 Å². The van der Waals surface area contributed by atoms with Gasteiger partial charge in [0.15, 0.2) is 0 Å². The summed E-state index contributed by atoms with van der Waals surface area (Å²) in [5.41, 5.74) is 1.39. The van der Waals surface area contributed by atoms with Crippen LogP contribution in [0.3, 0.4) is 0 Å². The molecular formula is C12H19N3S. The maximum Gasteiger partial charge on any atom is 0.107 e. The highest BCUT2D eigenvalue weighted by Crippen LogP contribution is 2.28. The molecule has 88 valence electrons. The Bertz CT molecular complexity index is 353. The number of nitrogens with zero attached hydrogens (tertiary/aromatic N) is 2. The summed E-state index contributed by atoms with van der Waals surface area (Å²) in [5.74, 6) is 0. The van der Waals surface area contributed by atoms with Crippen LogP contribution in [-0.2, 0) is 19.4 Å². The van der Waals surface area contributed by atoms with Crippen LogP contribution in [0.15, 0.2) is 0 Å². The molecule has 3 rings (SSSR count). The third-order valence-electron chi connectivity index (χ3n) is 3.45. The lowest BCUT2D eigenvalue weighted by Gasteiger charge is -2.31. The molecule has 1 aromatic heterocycles. The van der Waals surface area contributed by atoms with Crippen molar-refractivity contribution in [3.63, 3.8) is 0 Å². The van der Waals surface area contributed by atoms with E-state index >= 15 is 0 Å². The monoisotopic (exact) mass is 237 g/mol. The molecular weight excluding hydrogens is 218 g/mol. The highest BCUT2D eigenvalue weighted by molar-refractivity contribution is 7.11. The molecule has 2 heterocycles. The number of hydrogen-bond acceptors (Lipinski definition) is 4. The molecule has 16 heavy (non-hydrogen) atoms. The third kappa shape index (κ3) is 2.14. The Morgan fingerprint density at radius 2 is 2.44 bits per heavy atom. The Labute approximate surface area is 101 Å². The van der Waals surface area contributed by atoms with Gasteiger partial charge in [0.25, 0.3) is 0 Å². The average Bonchev–Trinajstić information content (AvgIpc) is 2.77. The third-order valence-corrected chi connectivity index (χ3v) is 4.59. The van der Waals surface area contributed by atoms with E-state index in [-0.39, 0.29) is 0 Å². The van der Waals surface area contributed by atoms with Crippen molar-refractivity contribution < 1.29 is 0 Å². The van der Waals surface area contributed by atoms with E-state index in [2.05, 4.69) is 17.1 Å². The van der Waals surface area contributed by atoms with Crippen molar-refractivity contribution >= 4 is 11.3 Å². The number of fused-ring (bicyclic) bond motifs is 1. The molecule has 1 atom stereocenters. The first-order valence-corrected chi connectivity index (χ1v) is 7.06. The lowest BCUT2D eigenvalue weighted by Crippen LogP contribution is -2.48. The molecule has 1 aromatic rings. The van der Waals surface area contributed by atoms with Crippen LogP contribution in [0, 0.1) is 0 Å². The molecule has 0 aromatic carbocycles. The van der Waals surface area contributed by atoms with Gasteiger partial charge in [0, 0.05) is 30.6 Å². The summed E-state index contributed by atoms with van der Waals surface area (Å²) in [7, 11) is 0. The molecule has 0 bridgehead atoms. The van der Waals surface area contributed by atoms with Crippen molar-refractivity contribution in [2.24, 2.45) is 0 Å². The van der Waals surface area contributed by atoms with Gasteiger partial charge in [-0.05, 0) is 26.2 Å². The zero-order chi connectivity index (χ0) is 11.0. The lowest BCUT2D eigenvalue weighted by atomic mass is 10.2. The number of hydrogen-bond donors (Lipinski definition) is 1. The molecule has 0 amide bonds. The molecule has 1 fully saturated rings. The minimum absolute atomic E-state index is 0.626. The van der Waals surface area contributed by atoms with Crippen molar-refractivity contribution in [1.82, 2.24) is 15.2 Å². The summed E-state index contributed by atoms with van der Waals surface area (Å²) in [6.45, 7) is 6.75. The highest BCUT2D eigenvalue weighted by atomic mass is 32.1. The summed E-state index contributed by atoms with van der Waals surface area (Å²) in [6.07, 6.45) is 3.80. The normalized spacial score (nSPS) is 25.9. The van der Waals surface area contributed by atoms with Crippen molar-refractivity contribution in [2.75, 3.05) is 19.6 Å². The second-order valence-corrected chi connectivity index (χ2v) is 6.09. The maximum absolute atomic E-state index is 4.77. The van der Waals surface area contributed by atoms with Crippen molar-refractivity contribution in [2.45, 2.75) is 38.8 Å². The van der Waals surface area contributed by atoms with E-state index in [4.69, 9.17) is 4.98 Å². The van der Waals surface area contributed by atoms with Gasteiger partial charge in [0.1, 0.15) is 5.01 Å². The van der Waals surface area contributed by atoms with Gasteiger partial charge in [-0.3, -0.25) is 4.90 Å². The second-order valence-electron chi connectivity index (χ2n) is 4.92. The largest absolute Gasteiger partial charge is 0.312 e. The molecule has 0 radical (unpaired) electrons. The van der Waals surface area contributed by atoms with Gasteiger partial charge in [-0.15, -0.1) is 11.3 Å². The Morgan fingerprint density at radius 1 is 1.50 bits per heavy atom. The maximum atomic E-state index is 4.77. The fourth-order valence-corrected chi connectivity index (χ4v) is 3.86. The summed E-state index contributed by atoms with van der Waals surface area (Å²) in [4.78, 5) is 8.84. The number of aromatic nitrogens is 1. The Morgan fingerprint density at radius 3 is 3.25 bits per heavy atom. The molecule has 4 heteroatoms. The summed E-state index contributed by atoms with van der Waals surface area (Å²) in [5, 5.41) is 4.81. The number of aryl methyl sites for hydroxylation is 2. The van der Waals surface area contributed by atoms with Gasteiger partial charge < -0.3 is 5.32 Å². The Hall–Kier alpha value is -0.450. The molecule has 0 unspecified atom stereocenters. The van der Waals surface area contributed by atoms with Crippen LogP contribution >= 0.6 is 11.3 Å². The Balaban J connectivity index is 1.65. The summed E-state index contributed by atoms with van der Waals surface area (Å²) < 4.78 is 0. The van der Waals surface area contributed by atoms with E-state index < -0.39 is 0 Å². The van der Waals surface area contributed by atoms with Crippen LogP contribution in [0.4, 0.5) is 0 Å². The van der Waals surface area contributed by atoms with Crippen molar-refractivity contribution in [3.8, 4) is 0 Å². The van der Waals surface area contributed by atoms with E-state index in [0.29, 0.717) is 6.04 Å². The van der Waals surface area contributed by atoms with Gasteiger partial charge in [0.2, 0.25) is 0 Å². The number of piperazine rings is 1. The van der Waals surface area contributed by atoms with Crippen molar-refractivity contribution in [1.29, 1.82) is 0 Å². The molecule has 3 nitrogen and oxygen atoms in total. The summed E-state index contributed by atoms with van der Waals surface area (Å²) >= 11 is 1.94. The predicted octanol–water partition coefficient (Wildman–Crippen LogP) is 1.43. The fraction of sp³-hybridized carbons (Fsp3) is 0.750. The molecule has 0 spiro atoms. The van der Waals surface area contributed by atoms with Gasteiger partial charge in [-0.1, -0.05) is 0 Å². The van der Waals surface area contributed by atoms with E-state index in [1.165, 1.54) is 30.0 Å². The van der Waals surface area contributed by atoms with E-state index in [1.807, 2.05) is 11.3 Å². The number of nitrogens with one attached hydrogen (secondary N) is 1. The fourth-order valence-electron chi connectivity index (χ4n) is 2.66. The van der Waals surface area contributed by atoms with Crippen molar-refractivity contribution in [3.05, 3.63) is 15.6 Å². The quantitative estimate of drug-likeness (QED) is 0.843. The predicted molar refractivity (Wildman–Crippen MR) is 66.9 cm³/mol. The first-order chi connectivity index (χ1) is 7.81. The average molecular weight is 237 g/mol. The van der Waals surface area contributed by atoms with Crippen LogP contribution in [-0.4, -0.2) is 35.6 Å². The zero-order valence-electron chi connectivity index (χ0n) is 9.83. The van der Waals surface area contributed by atoms with Crippen LogP contribution < -0.4 is 5.32 Å². The molecule has 1 saturated heterocycles. The smallest absolute Gasteiger partial charge is 0.107 e. The highest BCUT2D eigenvalue weighted by Gasteiger charge is 2.20. The standard InChI is InChI=1S/C12H19N3S/c1-9-7-15(6-5-13-9)8-12-14-10-3-2-4-11(10)16-12/h9,13H,2-8H2,1H3/t9-/m0/s1. The molecule has 1 aliphatic carbocycles. The second kappa shape index (κ2) is 4.43. The van der Waals surface area contributed by atoms with E-state index in [9.17, 15) is 0 Å². The van der Waals surface area contributed by atoms with E-state index in [0.717, 1.165) is 26.2 Å². The minimum Gasteiger partial charge on any atom is -0.312 e. The lowest BCUT2D eigenvalue weighted by molar-refractivity contribution is 0.199. The number of thiazole rings is 1. The Kier molecular flexibility index (Phi) is 2.96. The molecule has 1 aliphatic heterocycles. The first-order valence-electron chi connectivity index (χ1n) is 6.24. The van der Waals surface area contributed by atoms with Crippen LogP contribution in [0.1, 0.15) is 28.9 Å².